The van der Waals surface area contributed by atoms with Gasteiger partial charge in [0.05, 0.1) is 0 Å². The molecule has 2 heteroatoms. The van der Waals surface area contributed by atoms with E-state index in [1.807, 2.05) is 0 Å². The number of hydrogen-bond acceptors (Lipinski definition) is 1. The monoisotopic (exact) mass is 292 g/mol. The normalized spacial score (nSPS) is 11.8. The Hall–Kier alpha value is 0.300. The van der Waals surface area contributed by atoms with E-state index in [4.69, 9.17) is 0 Å². The second-order valence-electron chi connectivity index (χ2n) is 3.92. The van der Waals surface area contributed by atoms with Crippen LogP contribution < -0.4 is 0 Å². The average molecular weight is 292 g/mol. The van der Waals surface area contributed by atoms with E-state index < -0.39 is 0 Å². The van der Waals surface area contributed by atoms with Crippen LogP contribution in [0.25, 0.3) is 0 Å². The van der Waals surface area contributed by atoms with Crippen LogP contribution in [0.1, 0.15) is 26.3 Å². The third-order valence-corrected chi connectivity index (χ3v) is 3.52. The molecule has 0 nitrogen and oxygen atoms in total. The van der Waals surface area contributed by atoms with Crippen LogP contribution in [0.2, 0.25) is 0 Å². The molecule has 12 heavy (non-hydrogen) atoms. The van der Waals surface area contributed by atoms with Gasteiger partial charge >= 0.3 is 0 Å². The lowest BCUT2D eigenvalue weighted by molar-refractivity contribution is 0.589. The maximum Gasteiger partial charge on any atom is 0.0266 e. The van der Waals surface area contributed by atoms with Crippen LogP contribution >= 0.6 is 35.2 Å². The van der Waals surface area contributed by atoms with E-state index in [2.05, 4.69) is 74.2 Å². The summed E-state index contributed by atoms with van der Waals surface area (Å²) in [5.74, 6) is 0. The smallest absolute Gasteiger partial charge is 0.0266 e. The third kappa shape index (κ3) is 2.39. The van der Waals surface area contributed by atoms with Gasteiger partial charge in [-0.25, -0.2) is 0 Å². The molecule has 1 rings (SSSR count). The first-order chi connectivity index (χ1) is 5.41. The SMILES string of the molecule is CC(C)(C)c1ccc(S)c(I)c1. The maximum atomic E-state index is 4.33. The molecule has 1 aromatic rings. The van der Waals surface area contributed by atoms with Gasteiger partial charge in [0.2, 0.25) is 0 Å². The molecule has 0 saturated heterocycles. The van der Waals surface area contributed by atoms with E-state index in [0.717, 1.165) is 4.90 Å². The van der Waals surface area contributed by atoms with Crippen molar-refractivity contribution >= 4 is 35.2 Å². The third-order valence-electron chi connectivity index (χ3n) is 1.81. The van der Waals surface area contributed by atoms with Gasteiger partial charge in [0, 0.05) is 8.47 Å². The van der Waals surface area contributed by atoms with Crippen LogP contribution in [-0.4, -0.2) is 0 Å². The van der Waals surface area contributed by atoms with Crippen LogP contribution in [0, 0.1) is 3.57 Å². The van der Waals surface area contributed by atoms with Gasteiger partial charge in [-0.05, 0) is 45.7 Å². The number of halogens is 1. The number of thiol groups is 1. The van der Waals surface area contributed by atoms with Crippen molar-refractivity contribution in [2.75, 3.05) is 0 Å². The molecule has 0 aliphatic heterocycles. The van der Waals surface area contributed by atoms with Crippen LogP contribution in [0.4, 0.5) is 0 Å². The Kier molecular flexibility index (Phi) is 3.10. The van der Waals surface area contributed by atoms with Crippen molar-refractivity contribution in [2.24, 2.45) is 0 Å². The minimum absolute atomic E-state index is 0.237. The molecule has 0 radical (unpaired) electrons. The molecule has 0 atom stereocenters. The predicted octanol–water partition coefficient (Wildman–Crippen LogP) is 3.88. The highest BCUT2D eigenvalue weighted by Crippen LogP contribution is 2.26. The highest BCUT2D eigenvalue weighted by Gasteiger charge is 2.13. The van der Waals surface area contributed by atoms with Gasteiger partial charge < -0.3 is 0 Å². The van der Waals surface area contributed by atoms with E-state index >= 15 is 0 Å². The molecular weight excluding hydrogens is 279 g/mol. The number of hydrogen-bond donors (Lipinski definition) is 1. The van der Waals surface area contributed by atoms with Crippen molar-refractivity contribution in [3.63, 3.8) is 0 Å². The van der Waals surface area contributed by atoms with Crippen molar-refractivity contribution in [3.8, 4) is 0 Å². The molecular formula is C10H13IS. The van der Waals surface area contributed by atoms with E-state index in [1.54, 1.807) is 0 Å². The molecule has 0 amide bonds. The topological polar surface area (TPSA) is 0 Å². The summed E-state index contributed by atoms with van der Waals surface area (Å²) in [4.78, 5) is 1.06. The molecule has 0 N–H and O–H groups in total. The van der Waals surface area contributed by atoms with Crippen LogP contribution in [-0.2, 0) is 5.41 Å². The molecule has 0 heterocycles. The Labute approximate surface area is 93.3 Å². The molecule has 0 aromatic heterocycles. The zero-order valence-corrected chi connectivity index (χ0v) is 10.6. The fraction of sp³-hybridized carbons (Fsp3) is 0.400. The van der Waals surface area contributed by atoms with Crippen LogP contribution in [0.15, 0.2) is 23.1 Å². The van der Waals surface area contributed by atoms with Crippen molar-refractivity contribution in [1.82, 2.24) is 0 Å². The molecule has 1 aromatic carbocycles. The molecule has 0 aliphatic rings. The Bertz CT molecular complexity index is 286. The van der Waals surface area contributed by atoms with Gasteiger partial charge in [-0.1, -0.05) is 26.8 Å². The Balaban J connectivity index is 3.14. The van der Waals surface area contributed by atoms with Crippen molar-refractivity contribution < 1.29 is 0 Å². The van der Waals surface area contributed by atoms with E-state index in [0.29, 0.717) is 0 Å². The van der Waals surface area contributed by atoms with Gasteiger partial charge in [0.15, 0.2) is 0 Å². The van der Waals surface area contributed by atoms with Gasteiger partial charge in [-0.15, -0.1) is 12.6 Å². The molecule has 0 saturated carbocycles. The summed E-state index contributed by atoms with van der Waals surface area (Å²) >= 11 is 6.65. The second-order valence-corrected chi connectivity index (χ2v) is 5.56. The fourth-order valence-electron chi connectivity index (χ4n) is 0.973. The summed E-state index contributed by atoms with van der Waals surface area (Å²) in [7, 11) is 0. The summed E-state index contributed by atoms with van der Waals surface area (Å²) in [6.07, 6.45) is 0. The molecule has 0 aliphatic carbocycles. The van der Waals surface area contributed by atoms with Gasteiger partial charge in [-0.2, -0.15) is 0 Å². The molecule has 0 fully saturated rings. The van der Waals surface area contributed by atoms with E-state index in [-0.39, 0.29) is 5.41 Å². The molecule has 66 valence electrons. The van der Waals surface area contributed by atoms with Gasteiger partial charge in [0.25, 0.3) is 0 Å². The first kappa shape index (κ1) is 10.4. The summed E-state index contributed by atoms with van der Waals surface area (Å²) < 4.78 is 1.23. The minimum Gasteiger partial charge on any atom is -0.142 e. The first-order valence-electron chi connectivity index (χ1n) is 3.90. The Morgan fingerprint density at radius 3 is 2.25 bits per heavy atom. The highest BCUT2D eigenvalue weighted by atomic mass is 127. The Morgan fingerprint density at radius 2 is 1.83 bits per heavy atom. The number of rotatable bonds is 0. The van der Waals surface area contributed by atoms with E-state index in [9.17, 15) is 0 Å². The lowest BCUT2D eigenvalue weighted by atomic mass is 9.87. The van der Waals surface area contributed by atoms with Crippen LogP contribution in [0.3, 0.4) is 0 Å². The summed E-state index contributed by atoms with van der Waals surface area (Å²) in [6, 6.07) is 6.40. The quantitative estimate of drug-likeness (QED) is 0.544. The minimum atomic E-state index is 0.237. The van der Waals surface area contributed by atoms with Crippen LogP contribution in [0.5, 0.6) is 0 Å². The lowest BCUT2D eigenvalue weighted by Crippen LogP contribution is -2.10. The zero-order chi connectivity index (χ0) is 9.35. The standard InChI is InChI=1S/C10H13IS/c1-10(2,3)7-4-5-9(12)8(11)6-7/h4-6,12H,1-3H3. The largest absolute Gasteiger partial charge is 0.142 e. The average Bonchev–Trinajstić information content (AvgIpc) is 1.92. The van der Waals surface area contributed by atoms with Gasteiger partial charge in [0.1, 0.15) is 0 Å². The molecule has 0 spiro atoms. The number of benzene rings is 1. The Morgan fingerprint density at radius 1 is 1.25 bits per heavy atom. The zero-order valence-electron chi connectivity index (χ0n) is 7.56. The first-order valence-corrected chi connectivity index (χ1v) is 5.43. The molecule has 0 bridgehead atoms. The van der Waals surface area contributed by atoms with Crippen molar-refractivity contribution in [3.05, 3.63) is 27.3 Å². The highest BCUT2D eigenvalue weighted by molar-refractivity contribution is 14.1. The van der Waals surface area contributed by atoms with Crippen molar-refractivity contribution in [1.29, 1.82) is 0 Å². The van der Waals surface area contributed by atoms with Crippen molar-refractivity contribution in [2.45, 2.75) is 31.1 Å². The molecule has 0 unspecified atom stereocenters. The second kappa shape index (κ2) is 3.58. The summed E-state index contributed by atoms with van der Waals surface area (Å²) in [5.41, 5.74) is 1.60. The van der Waals surface area contributed by atoms with E-state index in [1.165, 1.54) is 9.13 Å². The summed E-state index contributed by atoms with van der Waals surface area (Å²) in [6.45, 7) is 6.66. The lowest BCUT2D eigenvalue weighted by Gasteiger charge is -2.19. The summed E-state index contributed by atoms with van der Waals surface area (Å²) in [5, 5.41) is 0. The fourth-order valence-corrected chi connectivity index (χ4v) is 1.63. The van der Waals surface area contributed by atoms with Gasteiger partial charge in [-0.3, -0.25) is 0 Å². The maximum absolute atomic E-state index is 4.33. The predicted molar refractivity (Wildman–Crippen MR) is 65.1 cm³/mol.